The molecule has 0 aliphatic carbocycles. The van der Waals surface area contributed by atoms with Crippen LogP contribution in [0.15, 0.2) is 23.1 Å². The molecule has 0 saturated heterocycles. The molecular formula is C11H14ClNO3S. The molecule has 1 amide bonds. The van der Waals surface area contributed by atoms with Gasteiger partial charge in [0, 0.05) is 10.9 Å². The van der Waals surface area contributed by atoms with Gasteiger partial charge in [-0.25, -0.2) is 13.1 Å². The molecule has 0 unspecified atom stereocenters. The quantitative estimate of drug-likeness (QED) is 0.919. The summed E-state index contributed by atoms with van der Waals surface area (Å²) in [6.07, 6.45) is 0. The van der Waals surface area contributed by atoms with E-state index in [9.17, 15) is 13.2 Å². The Labute approximate surface area is 106 Å². The number of benzene rings is 1. The van der Waals surface area contributed by atoms with Crippen LogP contribution in [0.3, 0.4) is 0 Å². The van der Waals surface area contributed by atoms with E-state index in [4.69, 9.17) is 11.6 Å². The number of rotatable bonds is 3. The summed E-state index contributed by atoms with van der Waals surface area (Å²) < 4.78 is 25.7. The maximum absolute atomic E-state index is 11.9. The fourth-order valence-corrected chi connectivity index (χ4v) is 2.76. The van der Waals surface area contributed by atoms with E-state index in [2.05, 4.69) is 0 Å². The summed E-state index contributed by atoms with van der Waals surface area (Å²) in [5.41, 5.74) is 0.717. The van der Waals surface area contributed by atoms with Crippen molar-refractivity contribution in [2.45, 2.75) is 25.7 Å². The predicted molar refractivity (Wildman–Crippen MR) is 66.4 cm³/mol. The fraction of sp³-hybridized carbons (Fsp3) is 0.364. The van der Waals surface area contributed by atoms with Crippen molar-refractivity contribution in [3.63, 3.8) is 0 Å². The highest BCUT2D eigenvalue weighted by Gasteiger charge is 2.19. The first-order valence-electron chi connectivity index (χ1n) is 5.06. The van der Waals surface area contributed by atoms with Crippen LogP contribution in [-0.2, 0) is 14.8 Å². The normalized spacial score (nSPS) is 11.6. The Hall–Kier alpha value is -1.07. The van der Waals surface area contributed by atoms with Crippen LogP contribution in [0.4, 0.5) is 0 Å². The van der Waals surface area contributed by atoms with E-state index in [1.165, 1.54) is 12.1 Å². The molecule has 0 spiro atoms. The zero-order chi connectivity index (χ0) is 13.2. The molecule has 0 atom stereocenters. The Morgan fingerprint density at radius 1 is 1.29 bits per heavy atom. The smallest absolute Gasteiger partial charge is 0.264 e. The van der Waals surface area contributed by atoms with Crippen LogP contribution in [0.5, 0.6) is 0 Å². The Morgan fingerprint density at radius 2 is 1.88 bits per heavy atom. The molecule has 1 rings (SSSR count). The number of sulfonamides is 1. The molecule has 1 aromatic carbocycles. The second-order valence-electron chi connectivity index (χ2n) is 4.09. The van der Waals surface area contributed by atoms with Crippen LogP contribution in [0.1, 0.15) is 19.4 Å². The number of carbonyl (C=O) groups excluding carboxylic acids is 1. The second-order valence-corrected chi connectivity index (χ2v) is 6.21. The lowest BCUT2D eigenvalue weighted by Crippen LogP contribution is -2.33. The van der Waals surface area contributed by atoms with Gasteiger partial charge in [-0.15, -0.1) is 0 Å². The minimum absolute atomic E-state index is 0.00324. The summed E-state index contributed by atoms with van der Waals surface area (Å²) in [4.78, 5) is 11.4. The van der Waals surface area contributed by atoms with Gasteiger partial charge < -0.3 is 0 Å². The molecule has 0 aliphatic heterocycles. The topological polar surface area (TPSA) is 63.2 Å². The van der Waals surface area contributed by atoms with Crippen molar-refractivity contribution in [2.24, 2.45) is 5.92 Å². The van der Waals surface area contributed by atoms with Crippen molar-refractivity contribution in [1.82, 2.24) is 4.72 Å². The fourth-order valence-electron chi connectivity index (χ4n) is 1.17. The highest BCUT2D eigenvalue weighted by Crippen LogP contribution is 2.18. The molecule has 94 valence electrons. The molecule has 0 fully saturated rings. The van der Waals surface area contributed by atoms with Gasteiger partial charge >= 0.3 is 0 Å². The molecule has 0 radical (unpaired) electrons. The van der Waals surface area contributed by atoms with Crippen molar-refractivity contribution in [3.8, 4) is 0 Å². The summed E-state index contributed by atoms with van der Waals surface area (Å²) in [5.74, 6) is -0.937. The van der Waals surface area contributed by atoms with Gasteiger partial charge in [-0.1, -0.05) is 25.4 Å². The molecule has 0 saturated carbocycles. The highest BCUT2D eigenvalue weighted by molar-refractivity contribution is 7.90. The third-order valence-corrected chi connectivity index (χ3v) is 3.63. The van der Waals surface area contributed by atoms with Crippen molar-refractivity contribution in [3.05, 3.63) is 28.8 Å². The van der Waals surface area contributed by atoms with Gasteiger partial charge in [0.25, 0.3) is 10.0 Å². The molecule has 0 heterocycles. The molecule has 0 aliphatic rings. The lowest BCUT2D eigenvalue weighted by Gasteiger charge is -2.09. The average molecular weight is 276 g/mol. The standard InChI is InChI=1S/C11H14ClNO3S/c1-7(2)11(14)13-17(15,16)10-5-8(3)4-9(12)6-10/h4-7H,1-3H3,(H,13,14). The summed E-state index contributed by atoms with van der Waals surface area (Å²) in [5, 5.41) is 0.322. The third-order valence-electron chi connectivity index (χ3n) is 2.09. The number of halogens is 1. The van der Waals surface area contributed by atoms with Gasteiger partial charge in [0.15, 0.2) is 0 Å². The zero-order valence-corrected chi connectivity index (χ0v) is 11.4. The van der Waals surface area contributed by atoms with Gasteiger partial charge in [-0.3, -0.25) is 4.79 Å². The summed E-state index contributed by atoms with van der Waals surface area (Å²) in [6, 6.07) is 4.41. The van der Waals surface area contributed by atoms with E-state index in [-0.39, 0.29) is 4.90 Å². The van der Waals surface area contributed by atoms with Crippen molar-refractivity contribution in [2.75, 3.05) is 0 Å². The largest absolute Gasteiger partial charge is 0.274 e. The number of aryl methyl sites for hydroxylation is 1. The molecule has 4 nitrogen and oxygen atoms in total. The van der Waals surface area contributed by atoms with Gasteiger partial charge in [0.05, 0.1) is 4.90 Å². The number of hydrogen-bond acceptors (Lipinski definition) is 3. The Kier molecular flexibility index (Phi) is 4.16. The van der Waals surface area contributed by atoms with Crippen LogP contribution in [0.2, 0.25) is 5.02 Å². The van der Waals surface area contributed by atoms with Crippen molar-refractivity contribution in [1.29, 1.82) is 0 Å². The third kappa shape index (κ3) is 3.71. The SMILES string of the molecule is Cc1cc(Cl)cc(S(=O)(=O)NC(=O)C(C)C)c1. The first-order valence-corrected chi connectivity index (χ1v) is 6.92. The van der Waals surface area contributed by atoms with Gasteiger partial charge in [0.1, 0.15) is 0 Å². The second kappa shape index (κ2) is 5.06. The van der Waals surface area contributed by atoms with E-state index in [0.717, 1.165) is 5.56 Å². The lowest BCUT2D eigenvalue weighted by atomic mass is 10.2. The monoisotopic (exact) mass is 275 g/mol. The molecule has 17 heavy (non-hydrogen) atoms. The number of carbonyl (C=O) groups is 1. The molecular weight excluding hydrogens is 262 g/mol. The van der Waals surface area contributed by atoms with E-state index in [0.29, 0.717) is 5.02 Å². The Balaban J connectivity index is 3.09. The maximum Gasteiger partial charge on any atom is 0.264 e. The predicted octanol–water partition coefficient (Wildman–Crippen LogP) is 2.11. The van der Waals surface area contributed by atoms with E-state index in [1.807, 2.05) is 4.72 Å². The molecule has 6 heteroatoms. The first-order chi connectivity index (χ1) is 7.72. The Morgan fingerprint density at radius 3 is 2.35 bits per heavy atom. The molecule has 0 aromatic heterocycles. The number of hydrogen-bond donors (Lipinski definition) is 1. The summed E-state index contributed by atoms with van der Waals surface area (Å²) >= 11 is 5.78. The van der Waals surface area contributed by atoms with E-state index < -0.39 is 21.8 Å². The summed E-state index contributed by atoms with van der Waals surface area (Å²) in [7, 11) is -3.83. The van der Waals surface area contributed by atoms with Crippen LogP contribution in [0.25, 0.3) is 0 Å². The maximum atomic E-state index is 11.9. The van der Waals surface area contributed by atoms with Crippen LogP contribution < -0.4 is 4.72 Å². The summed E-state index contributed by atoms with van der Waals surface area (Å²) in [6.45, 7) is 4.97. The van der Waals surface area contributed by atoms with Gasteiger partial charge in [-0.05, 0) is 30.7 Å². The van der Waals surface area contributed by atoms with Crippen LogP contribution in [-0.4, -0.2) is 14.3 Å². The van der Waals surface area contributed by atoms with Crippen molar-refractivity contribution >= 4 is 27.5 Å². The number of nitrogens with one attached hydrogen (secondary N) is 1. The molecule has 1 N–H and O–H groups in total. The van der Waals surface area contributed by atoms with E-state index in [1.54, 1.807) is 26.8 Å². The van der Waals surface area contributed by atoms with Crippen LogP contribution in [0, 0.1) is 12.8 Å². The van der Waals surface area contributed by atoms with Gasteiger partial charge in [0.2, 0.25) is 5.91 Å². The highest BCUT2D eigenvalue weighted by atomic mass is 35.5. The molecule has 0 bridgehead atoms. The first kappa shape index (κ1) is 14.0. The minimum atomic E-state index is -3.83. The van der Waals surface area contributed by atoms with E-state index >= 15 is 0 Å². The number of amides is 1. The Bertz CT molecular complexity index is 517. The lowest BCUT2D eigenvalue weighted by molar-refractivity contribution is -0.122. The average Bonchev–Trinajstić information content (AvgIpc) is 2.15. The molecule has 1 aromatic rings. The van der Waals surface area contributed by atoms with Gasteiger partial charge in [-0.2, -0.15) is 0 Å². The zero-order valence-electron chi connectivity index (χ0n) is 9.82. The van der Waals surface area contributed by atoms with Crippen molar-refractivity contribution < 1.29 is 13.2 Å². The minimum Gasteiger partial charge on any atom is -0.274 e. The van der Waals surface area contributed by atoms with Crippen LogP contribution >= 0.6 is 11.6 Å².